The molecule has 0 N–H and O–H groups in total. The summed E-state index contributed by atoms with van der Waals surface area (Å²) in [4.78, 5) is 31.9. The third kappa shape index (κ3) is 6.08. The maximum absolute atomic E-state index is 12.6. The number of amides is 1. The highest BCUT2D eigenvalue weighted by Gasteiger charge is 2.35. The molecule has 0 radical (unpaired) electrons. The number of fused-ring (bicyclic) bond motifs is 2. The monoisotopic (exact) mass is 583 g/mol. The fourth-order valence-corrected chi connectivity index (χ4v) is 7.71. The Labute approximate surface area is 256 Å². The number of aryl methyl sites for hydroxylation is 1. The molecule has 3 aliphatic heterocycles. The Kier molecular flexibility index (Phi) is 8.85. The van der Waals surface area contributed by atoms with Gasteiger partial charge in [-0.25, -0.2) is 0 Å². The minimum atomic E-state index is -0.210. The van der Waals surface area contributed by atoms with Gasteiger partial charge in [-0.2, -0.15) is 15.2 Å². The number of likely N-dealkylation sites (tertiary alicyclic amines) is 1. The van der Waals surface area contributed by atoms with Crippen molar-refractivity contribution < 1.29 is 9.53 Å². The van der Waals surface area contributed by atoms with Crippen LogP contribution in [0.15, 0.2) is 36.9 Å². The molecule has 2 fully saturated rings. The van der Waals surface area contributed by atoms with Gasteiger partial charge in [0.1, 0.15) is 12.4 Å². The Morgan fingerprint density at radius 1 is 1.12 bits per heavy atom. The van der Waals surface area contributed by atoms with E-state index >= 15 is 0 Å². The third-order valence-electron chi connectivity index (χ3n) is 9.85. The maximum atomic E-state index is 12.6. The number of benzene rings is 1. The van der Waals surface area contributed by atoms with Gasteiger partial charge in [-0.3, -0.25) is 9.69 Å². The largest absolute Gasteiger partial charge is 0.462 e. The van der Waals surface area contributed by atoms with E-state index in [4.69, 9.17) is 14.7 Å². The molecule has 1 amide bonds. The summed E-state index contributed by atoms with van der Waals surface area (Å²) in [5.74, 6) is 0.794. The summed E-state index contributed by atoms with van der Waals surface area (Å²) in [6.07, 6.45) is 9.04. The molecule has 4 aliphatic rings. The average molecular weight is 584 g/mol. The lowest BCUT2D eigenvalue weighted by molar-refractivity contribution is -0.128. The number of hydrogen-bond donors (Lipinski definition) is 0. The quantitative estimate of drug-likeness (QED) is 0.429. The molecule has 6 rings (SSSR count). The van der Waals surface area contributed by atoms with Gasteiger partial charge in [0.2, 0.25) is 5.91 Å². The van der Waals surface area contributed by atoms with Crippen LogP contribution in [-0.4, -0.2) is 89.2 Å². The van der Waals surface area contributed by atoms with Crippen molar-refractivity contribution in [3.8, 4) is 12.1 Å². The number of nitrogens with zero attached hydrogens (tertiary/aromatic N) is 7. The van der Waals surface area contributed by atoms with Gasteiger partial charge in [0.25, 0.3) is 0 Å². The van der Waals surface area contributed by atoms with Gasteiger partial charge >= 0.3 is 6.01 Å². The second kappa shape index (κ2) is 12.9. The molecule has 2 aromatic rings. The minimum Gasteiger partial charge on any atom is -0.462 e. The van der Waals surface area contributed by atoms with E-state index < -0.39 is 0 Å². The Morgan fingerprint density at radius 2 is 1.98 bits per heavy atom. The fourth-order valence-electron chi connectivity index (χ4n) is 7.71. The van der Waals surface area contributed by atoms with Crippen LogP contribution in [0.3, 0.4) is 0 Å². The molecule has 1 aromatic carbocycles. The van der Waals surface area contributed by atoms with Crippen molar-refractivity contribution in [1.82, 2.24) is 19.8 Å². The van der Waals surface area contributed by atoms with Crippen molar-refractivity contribution in [1.29, 1.82) is 5.26 Å². The van der Waals surface area contributed by atoms with Crippen molar-refractivity contribution in [2.24, 2.45) is 0 Å². The molecule has 1 aromatic heterocycles. The number of nitriles is 1. The Morgan fingerprint density at radius 3 is 2.79 bits per heavy atom. The molecule has 4 heterocycles. The van der Waals surface area contributed by atoms with E-state index in [2.05, 4.69) is 65.5 Å². The number of ether oxygens (including phenoxy) is 1. The fraction of sp³-hybridized carbons (Fsp3) is 0.588. The highest BCUT2D eigenvalue weighted by Crippen LogP contribution is 2.37. The van der Waals surface area contributed by atoms with Crippen LogP contribution >= 0.6 is 0 Å². The number of aromatic nitrogens is 2. The number of rotatable bonds is 8. The first kappa shape index (κ1) is 29.4. The molecule has 0 bridgehead atoms. The van der Waals surface area contributed by atoms with E-state index in [9.17, 15) is 10.1 Å². The molecule has 9 heteroatoms. The van der Waals surface area contributed by atoms with E-state index in [1.165, 1.54) is 35.7 Å². The third-order valence-corrected chi connectivity index (χ3v) is 9.85. The standard InChI is InChI=1S/C34H45N7O2/c1-4-32(42)41-20-19-38(22-27(41)15-16-35)33-29-14-13-26(40-18-7-10-25-9-5-6-12-31(25)40)21-30(29)36-34(37-33)43-23-28-11-8-17-39(28)24(2)3/h4-6,9,12,24,26-28H,1,7-8,10-11,13-15,17-23H2,2-3H3. The predicted octanol–water partition coefficient (Wildman–Crippen LogP) is 4.16. The second-order valence-electron chi connectivity index (χ2n) is 12.7. The molecular formula is C34H45N7O2. The minimum absolute atomic E-state index is 0.121. The van der Waals surface area contributed by atoms with Crippen molar-refractivity contribution in [2.45, 2.75) is 89.4 Å². The van der Waals surface area contributed by atoms with Crippen LogP contribution in [-0.2, 0) is 24.1 Å². The number of anilines is 2. The van der Waals surface area contributed by atoms with E-state index in [-0.39, 0.29) is 18.4 Å². The van der Waals surface area contributed by atoms with Crippen molar-refractivity contribution in [2.75, 3.05) is 49.1 Å². The number of hydrogen-bond acceptors (Lipinski definition) is 8. The molecule has 9 nitrogen and oxygen atoms in total. The molecule has 2 saturated heterocycles. The Hall–Kier alpha value is -3.64. The molecule has 1 aliphatic carbocycles. The molecule has 0 spiro atoms. The van der Waals surface area contributed by atoms with Gasteiger partial charge in [0, 0.05) is 62.0 Å². The van der Waals surface area contributed by atoms with E-state index in [0.29, 0.717) is 50.4 Å². The van der Waals surface area contributed by atoms with Crippen molar-refractivity contribution >= 4 is 17.4 Å². The van der Waals surface area contributed by atoms with Crippen LogP contribution < -0.4 is 14.5 Å². The summed E-state index contributed by atoms with van der Waals surface area (Å²) >= 11 is 0. The molecule has 228 valence electrons. The second-order valence-corrected chi connectivity index (χ2v) is 12.7. The molecule has 3 atom stereocenters. The van der Waals surface area contributed by atoms with Crippen LogP contribution in [0.5, 0.6) is 6.01 Å². The van der Waals surface area contributed by atoms with Crippen LogP contribution in [0.4, 0.5) is 11.5 Å². The predicted molar refractivity (Wildman–Crippen MR) is 168 cm³/mol. The van der Waals surface area contributed by atoms with Gasteiger partial charge in [-0.15, -0.1) is 0 Å². The van der Waals surface area contributed by atoms with E-state index in [0.717, 1.165) is 56.7 Å². The highest BCUT2D eigenvalue weighted by atomic mass is 16.5. The number of para-hydroxylation sites is 1. The zero-order chi connectivity index (χ0) is 29.9. The average Bonchev–Trinajstić information content (AvgIpc) is 3.52. The van der Waals surface area contributed by atoms with Gasteiger partial charge in [0.15, 0.2) is 0 Å². The first-order chi connectivity index (χ1) is 21.0. The lowest BCUT2D eigenvalue weighted by Gasteiger charge is -2.43. The SMILES string of the molecule is C=CC(=O)N1CCN(c2nc(OCC3CCCN3C(C)C)nc3c2CCC(N2CCCc4ccccc42)C3)CC1CC#N. The lowest BCUT2D eigenvalue weighted by Crippen LogP contribution is -2.55. The summed E-state index contributed by atoms with van der Waals surface area (Å²) in [6.45, 7) is 12.7. The number of piperazine rings is 1. The number of carbonyl (C=O) groups is 1. The normalized spacial score (nSPS) is 24.0. The van der Waals surface area contributed by atoms with Gasteiger partial charge in [-0.1, -0.05) is 24.8 Å². The molecular weight excluding hydrogens is 538 g/mol. The van der Waals surface area contributed by atoms with Gasteiger partial charge < -0.3 is 19.4 Å². The smallest absolute Gasteiger partial charge is 0.318 e. The first-order valence-corrected chi connectivity index (χ1v) is 16.1. The topological polar surface area (TPSA) is 88.8 Å². The molecule has 3 unspecified atom stereocenters. The Bertz CT molecular complexity index is 1370. The van der Waals surface area contributed by atoms with Crippen molar-refractivity contribution in [3.05, 3.63) is 53.7 Å². The summed E-state index contributed by atoms with van der Waals surface area (Å²) in [6, 6.07) is 12.6. The Balaban J connectivity index is 1.29. The van der Waals surface area contributed by atoms with Crippen LogP contribution in [0.1, 0.15) is 62.8 Å². The zero-order valence-electron chi connectivity index (χ0n) is 25.7. The zero-order valence-corrected chi connectivity index (χ0v) is 25.7. The van der Waals surface area contributed by atoms with Crippen molar-refractivity contribution in [3.63, 3.8) is 0 Å². The summed E-state index contributed by atoms with van der Waals surface area (Å²) in [5, 5.41) is 9.55. The summed E-state index contributed by atoms with van der Waals surface area (Å²) in [5.41, 5.74) is 5.07. The van der Waals surface area contributed by atoms with Crippen LogP contribution in [0, 0.1) is 11.3 Å². The van der Waals surface area contributed by atoms with Crippen LogP contribution in [0.25, 0.3) is 0 Å². The highest BCUT2D eigenvalue weighted by molar-refractivity contribution is 5.87. The first-order valence-electron chi connectivity index (χ1n) is 16.1. The van der Waals surface area contributed by atoms with Gasteiger partial charge in [-0.05, 0) is 76.6 Å². The maximum Gasteiger partial charge on any atom is 0.318 e. The van der Waals surface area contributed by atoms with Crippen LogP contribution in [0.2, 0.25) is 0 Å². The van der Waals surface area contributed by atoms with Gasteiger partial charge in [0.05, 0.1) is 24.2 Å². The lowest BCUT2D eigenvalue weighted by atomic mass is 9.88. The molecule has 43 heavy (non-hydrogen) atoms. The number of carbonyl (C=O) groups excluding carboxylic acids is 1. The van der Waals surface area contributed by atoms with E-state index in [1.807, 2.05) is 0 Å². The van der Waals surface area contributed by atoms with E-state index in [1.54, 1.807) is 4.90 Å². The summed E-state index contributed by atoms with van der Waals surface area (Å²) < 4.78 is 6.42. The molecule has 0 saturated carbocycles. The summed E-state index contributed by atoms with van der Waals surface area (Å²) in [7, 11) is 0.